The summed E-state index contributed by atoms with van der Waals surface area (Å²) < 4.78 is 1.95. The lowest BCUT2D eigenvalue weighted by Gasteiger charge is -2.21. The summed E-state index contributed by atoms with van der Waals surface area (Å²) in [5, 5.41) is 17.1. The lowest BCUT2D eigenvalue weighted by atomic mass is 9.86. The van der Waals surface area contributed by atoms with Crippen LogP contribution in [0.25, 0.3) is 0 Å². The van der Waals surface area contributed by atoms with Crippen LogP contribution in [0.5, 0.6) is 0 Å². The van der Waals surface area contributed by atoms with Gasteiger partial charge in [-0.3, -0.25) is 14.8 Å². The summed E-state index contributed by atoms with van der Waals surface area (Å²) in [6.45, 7) is 1.99. The molecule has 0 saturated heterocycles. The van der Waals surface area contributed by atoms with Crippen LogP contribution in [0, 0.1) is 6.92 Å². The van der Waals surface area contributed by atoms with Crippen molar-refractivity contribution in [1.82, 2.24) is 20.0 Å². The SMILES string of the molecule is Cc1cc(C(=O)Nc2nnc(C3CCC3)s2)nn1C1CC1. The molecule has 110 valence electrons. The molecule has 0 aliphatic heterocycles. The standard InChI is InChI=1S/C14H17N5OS/c1-8-7-11(18-19(8)10-5-6-10)12(20)15-14-17-16-13(21-14)9-3-2-4-9/h7,9-10H,2-6H2,1H3,(H,15,17,20). The average molecular weight is 303 g/mol. The lowest BCUT2D eigenvalue weighted by molar-refractivity contribution is 0.102. The van der Waals surface area contributed by atoms with Gasteiger partial charge in [-0.25, -0.2) is 0 Å². The first-order valence-electron chi connectivity index (χ1n) is 7.41. The van der Waals surface area contributed by atoms with Gasteiger partial charge in [0.05, 0.1) is 6.04 Å². The molecule has 1 N–H and O–H groups in total. The molecule has 0 bridgehead atoms. The van der Waals surface area contributed by atoms with Gasteiger partial charge in [-0.15, -0.1) is 10.2 Å². The van der Waals surface area contributed by atoms with Gasteiger partial charge in [0.2, 0.25) is 5.13 Å². The van der Waals surface area contributed by atoms with Crippen molar-refractivity contribution in [2.45, 2.75) is 51.0 Å². The van der Waals surface area contributed by atoms with Crippen LogP contribution in [0.15, 0.2) is 6.07 Å². The Kier molecular flexibility index (Phi) is 3.02. The van der Waals surface area contributed by atoms with E-state index in [4.69, 9.17) is 0 Å². The van der Waals surface area contributed by atoms with Crippen LogP contribution in [0.2, 0.25) is 0 Å². The van der Waals surface area contributed by atoms with Crippen molar-refractivity contribution in [3.8, 4) is 0 Å². The molecule has 0 radical (unpaired) electrons. The fourth-order valence-corrected chi connectivity index (χ4v) is 3.46. The maximum absolute atomic E-state index is 12.2. The summed E-state index contributed by atoms with van der Waals surface area (Å²) in [4.78, 5) is 12.2. The first-order valence-corrected chi connectivity index (χ1v) is 8.23. The Labute approximate surface area is 126 Å². The number of nitrogens with zero attached hydrogens (tertiary/aromatic N) is 4. The van der Waals surface area contributed by atoms with E-state index in [1.165, 1.54) is 30.6 Å². The number of aromatic nitrogens is 4. The van der Waals surface area contributed by atoms with Gasteiger partial charge in [0.15, 0.2) is 5.69 Å². The number of carbonyl (C=O) groups is 1. The summed E-state index contributed by atoms with van der Waals surface area (Å²) in [6, 6.07) is 2.32. The Balaban J connectivity index is 1.47. The molecule has 1 amide bonds. The second kappa shape index (κ2) is 4.91. The number of amides is 1. The zero-order valence-electron chi connectivity index (χ0n) is 11.9. The second-order valence-electron chi connectivity index (χ2n) is 5.87. The van der Waals surface area contributed by atoms with Gasteiger partial charge in [-0.05, 0) is 38.7 Å². The van der Waals surface area contributed by atoms with E-state index in [1.54, 1.807) is 0 Å². The van der Waals surface area contributed by atoms with Crippen LogP contribution in [0.1, 0.15) is 65.3 Å². The third-order valence-corrected chi connectivity index (χ3v) is 5.16. The molecule has 6 nitrogen and oxygen atoms in total. The summed E-state index contributed by atoms with van der Waals surface area (Å²) in [5.74, 6) is 0.346. The first-order chi connectivity index (χ1) is 10.2. The number of hydrogen-bond acceptors (Lipinski definition) is 5. The van der Waals surface area contributed by atoms with E-state index in [0.717, 1.165) is 23.5 Å². The largest absolute Gasteiger partial charge is 0.295 e. The highest BCUT2D eigenvalue weighted by atomic mass is 32.1. The van der Waals surface area contributed by atoms with Gasteiger partial charge in [0, 0.05) is 11.6 Å². The topological polar surface area (TPSA) is 72.7 Å². The van der Waals surface area contributed by atoms with E-state index in [9.17, 15) is 4.79 Å². The zero-order valence-corrected chi connectivity index (χ0v) is 12.7. The summed E-state index contributed by atoms with van der Waals surface area (Å²) in [7, 11) is 0. The molecule has 7 heteroatoms. The Morgan fingerprint density at radius 2 is 2.14 bits per heavy atom. The smallest absolute Gasteiger partial charge is 0.277 e. The van der Waals surface area contributed by atoms with Crippen molar-refractivity contribution in [1.29, 1.82) is 0 Å². The fraction of sp³-hybridized carbons (Fsp3) is 0.571. The van der Waals surface area contributed by atoms with E-state index >= 15 is 0 Å². The van der Waals surface area contributed by atoms with Crippen LogP contribution >= 0.6 is 11.3 Å². The van der Waals surface area contributed by atoms with E-state index in [-0.39, 0.29) is 5.91 Å². The van der Waals surface area contributed by atoms with E-state index in [1.807, 2.05) is 17.7 Å². The molecule has 0 unspecified atom stereocenters. The normalized spacial score (nSPS) is 18.5. The van der Waals surface area contributed by atoms with Crippen LogP contribution in [-0.2, 0) is 0 Å². The highest BCUT2D eigenvalue weighted by Crippen LogP contribution is 2.38. The molecule has 0 atom stereocenters. The molecule has 2 aromatic rings. The molecule has 2 aliphatic carbocycles. The number of nitrogens with one attached hydrogen (secondary N) is 1. The average Bonchev–Trinajstić information content (AvgIpc) is 3.02. The van der Waals surface area contributed by atoms with E-state index < -0.39 is 0 Å². The minimum absolute atomic E-state index is 0.200. The highest BCUT2D eigenvalue weighted by Gasteiger charge is 2.28. The van der Waals surface area contributed by atoms with Gasteiger partial charge >= 0.3 is 0 Å². The number of carbonyl (C=O) groups excluding carboxylic acids is 1. The van der Waals surface area contributed by atoms with Crippen molar-refractivity contribution < 1.29 is 4.79 Å². The van der Waals surface area contributed by atoms with Crippen molar-refractivity contribution in [2.24, 2.45) is 0 Å². The van der Waals surface area contributed by atoms with E-state index in [0.29, 0.717) is 22.8 Å². The molecule has 4 rings (SSSR count). The maximum Gasteiger partial charge on any atom is 0.277 e. The molecule has 2 fully saturated rings. The predicted octanol–water partition coefficient (Wildman–Crippen LogP) is 2.90. The minimum Gasteiger partial charge on any atom is -0.295 e. The van der Waals surface area contributed by atoms with Crippen LogP contribution in [0.3, 0.4) is 0 Å². The number of anilines is 1. The van der Waals surface area contributed by atoms with Crippen molar-refractivity contribution >= 4 is 22.4 Å². The Bertz CT molecular complexity index is 683. The molecule has 2 aromatic heterocycles. The van der Waals surface area contributed by atoms with Crippen molar-refractivity contribution in [3.05, 3.63) is 22.5 Å². The highest BCUT2D eigenvalue weighted by molar-refractivity contribution is 7.15. The van der Waals surface area contributed by atoms with E-state index in [2.05, 4.69) is 20.6 Å². The Hall–Kier alpha value is -1.76. The third kappa shape index (κ3) is 2.46. The molecular formula is C14H17N5OS. The molecule has 2 saturated carbocycles. The van der Waals surface area contributed by atoms with Crippen molar-refractivity contribution in [3.63, 3.8) is 0 Å². The van der Waals surface area contributed by atoms with Gasteiger partial charge in [-0.1, -0.05) is 17.8 Å². The predicted molar refractivity (Wildman–Crippen MR) is 79.7 cm³/mol. The number of rotatable bonds is 4. The molecule has 2 aliphatic rings. The number of aryl methyl sites for hydroxylation is 1. The first kappa shape index (κ1) is 12.9. The third-order valence-electron chi connectivity index (χ3n) is 4.16. The molecule has 0 aromatic carbocycles. The summed E-state index contributed by atoms with van der Waals surface area (Å²) in [6.07, 6.45) is 5.96. The molecule has 0 spiro atoms. The van der Waals surface area contributed by atoms with Gasteiger partial charge < -0.3 is 0 Å². The quantitative estimate of drug-likeness (QED) is 0.942. The zero-order chi connectivity index (χ0) is 14.4. The lowest BCUT2D eigenvalue weighted by Crippen LogP contribution is -2.13. The summed E-state index contributed by atoms with van der Waals surface area (Å²) in [5.41, 5.74) is 1.50. The van der Waals surface area contributed by atoms with Crippen LogP contribution in [0.4, 0.5) is 5.13 Å². The summed E-state index contributed by atoms with van der Waals surface area (Å²) >= 11 is 1.48. The van der Waals surface area contributed by atoms with Crippen LogP contribution < -0.4 is 5.32 Å². The fourth-order valence-electron chi connectivity index (χ4n) is 2.55. The van der Waals surface area contributed by atoms with Gasteiger partial charge in [-0.2, -0.15) is 5.10 Å². The second-order valence-corrected chi connectivity index (χ2v) is 6.88. The number of hydrogen-bond donors (Lipinski definition) is 1. The van der Waals surface area contributed by atoms with Crippen LogP contribution in [-0.4, -0.2) is 25.9 Å². The van der Waals surface area contributed by atoms with Gasteiger partial charge in [0.1, 0.15) is 5.01 Å². The molecular weight excluding hydrogens is 286 g/mol. The van der Waals surface area contributed by atoms with Gasteiger partial charge in [0.25, 0.3) is 5.91 Å². The Morgan fingerprint density at radius 3 is 2.81 bits per heavy atom. The monoisotopic (exact) mass is 303 g/mol. The molecule has 21 heavy (non-hydrogen) atoms. The minimum atomic E-state index is -0.200. The Morgan fingerprint density at radius 1 is 1.33 bits per heavy atom. The van der Waals surface area contributed by atoms with Crippen molar-refractivity contribution in [2.75, 3.05) is 5.32 Å². The molecule has 2 heterocycles. The maximum atomic E-state index is 12.2.